The van der Waals surface area contributed by atoms with Gasteiger partial charge in [0, 0.05) is 13.1 Å². The van der Waals surface area contributed by atoms with E-state index in [-0.39, 0.29) is 35.7 Å². The predicted octanol–water partition coefficient (Wildman–Crippen LogP) is 6.47. The predicted molar refractivity (Wildman–Crippen MR) is 209 cm³/mol. The Morgan fingerprint density at radius 2 is 1.56 bits per heavy atom. The number of nitrogens with one attached hydrogen (secondary N) is 3. The van der Waals surface area contributed by atoms with Crippen LogP contribution in [0.1, 0.15) is 94.7 Å². The van der Waals surface area contributed by atoms with Gasteiger partial charge in [0.05, 0.1) is 49.2 Å². The van der Waals surface area contributed by atoms with Crippen LogP contribution < -0.4 is 5.32 Å². The number of methoxy groups -OCH3 is 1. The third-order valence-electron chi connectivity index (χ3n) is 10.7. The van der Waals surface area contributed by atoms with Gasteiger partial charge in [-0.1, -0.05) is 58.0 Å². The van der Waals surface area contributed by atoms with Gasteiger partial charge in [-0.15, -0.1) is 0 Å². The second-order valence-corrected chi connectivity index (χ2v) is 15.1. The van der Waals surface area contributed by atoms with E-state index in [4.69, 9.17) is 19.6 Å². The molecule has 0 aliphatic carbocycles. The van der Waals surface area contributed by atoms with Crippen LogP contribution in [-0.4, -0.2) is 93.4 Å². The molecule has 2 saturated heterocycles. The summed E-state index contributed by atoms with van der Waals surface area (Å²) < 4.78 is 4.76. The number of hydrogen-bond acceptors (Lipinski definition) is 9. The number of aryl methyl sites for hydroxylation is 2. The van der Waals surface area contributed by atoms with E-state index in [1.807, 2.05) is 49.8 Å². The molecule has 0 bridgehead atoms. The maximum atomic E-state index is 13.6. The number of fused-ring (bicyclic) bond motifs is 1. The number of nitrogens with zero attached hydrogens (tertiary/aromatic N) is 5. The number of carbonyl (C=O) groups is 3. The molecule has 2 aliphatic rings. The van der Waals surface area contributed by atoms with Crippen LogP contribution in [0.15, 0.2) is 53.7 Å². The number of aliphatic imine (C=N–C) groups is 1. The average Bonchev–Trinajstić information content (AvgIpc) is 4.01. The Labute approximate surface area is 322 Å². The summed E-state index contributed by atoms with van der Waals surface area (Å²) in [6.45, 7) is 9.04. The molecule has 2 aromatic heterocycles. The number of hydrogen-bond donors (Lipinski definition) is 3. The lowest BCUT2D eigenvalue weighted by Gasteiger charge is -2.29. The Bertz CT molecular complexity index is 1950. The fraction of sp³-hybridized carbons (Fsp3) is 0.512. The lowest BCUT2D eigenvalue weighted by atomic mass is 10.0. The number of aromatic nitrogens is 4. The zero-order valence-electron chi connectivity index (χ0n) is 32.7. The minimum Gasteiger partial charge on any atom is -0.453 e. The van der Waals surface area contributed by atoms with Crippen molar-refractivity contribution in [1.29, 1.82) is 0 Å². The van der Waals surface area contributed by atoms with Gasteiger partial charge in [-0.05, 0) is 85.6 Å². The molecule has 4 aromatic rings. The van der Waals surface area contributed by atoms with Crippen LogP contribution in [0.3, 0.4) is 0 Å². The zero-order chi connectivity index (χ0) is 39.1. The van der Waals surface area contributed by atoms with Crippen molar-refractivity contribution < 1.29 is 28.9 Å². The molecule has 3 N–H and O–H groups in total. The van der Waals surface area contributed by atoms with Gasteiger partial charge >= 0.3 is 6.09 Å². The maximum absolute atomic E-state index is 13.6. The topological polar surface area (TPSA) is 167 Å². The van der Waals surface area contributed by atoms with Gasteiger partial charge in [-0.2, -0.15) is 4.89 Å². The minimum absolute atomic E-state index is 0.000922. The third kappa shape index (κ3) is 9.18. The summed E-state index contributed by atoms with van der Waals surface area (Å²) in [6.07, 6.45) is 8.68. The minimum atomic E-state index is -0.669. The first-order valence-corrected chi connectivity index (χ1v) is 19.4. The summed E-state index contributed by atoms with van der Waals surface area (Å²) in [7, 11) is 2.70. The number of likely N-dealkylation sites (tertiary alicyclic amines) is 2. The molecule has 0 radical (unpaired) electrons. The molecule has 2 aromatic carbocycles. The molecule has 3 amide bonds. The van der Waals surface area contributed by atoms with Gasteiger partial charge < -0.3 is 34.7 Å². The molecule has 2 unspecified atom stereocenters. The standard InChI is InChI=1S/C41H54N8O6/c1-25(2)35(43-24-55-54-6)39(50)48-20-8-12-33(48)37-42-23-32(46-37)29-17-14-27(15-18-29)10-7-11-28-16-19-30-31(22-28)45-38(44-30)34-13-9-21-49(34)40(51)36(26(3)4)47-41(52)53-5/h14-19,22-26,33-36H,7-13,20-21H2,1-6H3,(H,42,46)(H,44,45)(H,47,52)/t33?,34-,35-,36?/m0/s1. The number of rotatable bonds is 15. The normalized spacial score (nSPS) is 18.5. The highest BCUT2D eigenvalue weighted by molar-refractivity contribution is 5.87. The molecular formula is C41H54N8O6. The van der Waals surface area contributed by atoms with Gasteiger partial charge in [-0.3, -0.25) is 9.59 Å². The average molecular weight is 755 g/mol. The quantitative estimate of drug-likeness (QED) is 0.0538. The Morgan fingerprint density at radius 1 is 0.891 bits per heavy atom. The highest BCUT2D eigenvalue weighted by Crippen LogP contribution is 2.34. The highest BCUT2D eigenvalue weighted by atomic mass is 17.2. The van der Waals surface area contributed by atoms with E-state index in [0.29, 0.717) is 13.1 Å². The van der Waals surface area contributed by atoms with Gasteiger partial charge in [0.15, 0.2) is 0 Å². The molecular weight excluding hydrogens is 701 g/mol. The molecule has 6 rings (SSSR count). The first-order valence-electron chi connectivity index (χ1n) is 19.4. The second-order valence-electron chi connectivity index (χ2n) is 15.1. The van der Waals surface area contributed by atoms with Crippen LogP contribution in [-0.2, 0) is 36.9 Å². The van der Waals surface area contributed by atoms with Crippen molar-refractivity contribution in [3.05, 3.63) is 71.4 Å². The molecule has 2 aliphatic heterocycles. The number of aromatic amines is 2. The zero-order valence-corrected chi connectivity index (χ0v) is 32.7. The smallest absolute Gasteiger partial charge is 0.407 e. The van der Waals surface area contributed by atoms with Crippen molar-refractivity contribution in [3.8, 4) is 11.3 Å². The summed E-state index contributed by atoms with van der Waals surface area (Å²) in [5, 5.41) is 2.71. The largest absolute Gasteiger partial charge is 0.453 e. The first kappa shape index (κ1) is 39.5. The van der Waals surface area contributed by atoms with Gasteiger partial charge in [0.25, 0.3) is 0 Å². The molecule has 2 fully saturated rings. The number of imidazole rings is 2. The number of benzene rings is 2. The van der Waals surface area contributed by atoms with E-state index in [1.165, 1.54) is 31.7 Å². The first-order chi connectivity index (χ1) is 26.6. The van der Waals surface area contributed by atoms with Crippen molar-refractivity contribution in [1.82, 2.24) is 35.1 Å². The Balaban J connectivity index is 1.04. The fourth-order valence-corrected chi connectivity index (χ4v) is 7.72. The summed E-state index contributed by atoms with van der Waals surface area (Å²) in [5.41, 5.74) is 6.27. The van der Waals surface area contributed by atoms with Crippen LogP contribution in [0.2, 0.25) is 0 Å². The van der Waals surface area contributed by atoms with Gasteiger partial charge in [-0.25, -0.2) is 19.8 Å². The van der Waals surface area contributed by atoms with Crippen LogP contribution in [0.25, 0.3) is 22.3 Å². The lowest BCUT2D eigenvalue weighted by Crippen LogP contribution is -2.51. The number of H-pyrrole nitrogens is 2. The summed E-state index contributed by atoms with van der Waals surface area (Å²) in [4.78, 5) is 73.0. The number of amides is 3. The van der Waals surface area contributed by atoms with Crippen molar-refractivity contribution in [2.24, 2.45) is 16.8 Å². The van der Waals surface area contributed by atoms with Crippen LogP contribution in [0.4, 0.5) is 4.79 Å². The van der Waals surface area contributed by atoms with E-state index in [2.05, 4.69) is 61.6 Å². The monoisotopic (exact) mass is 754 g/mol. The van der Waals surface area contributed by atoms with Crippen LogP contribution >= 0.6 is 0 Å². The second kappa shape index (κ2) is 17.9. The molecule has 0 spiro atoms. The summed E-state index contributed by atoms with van der Waals surface area (Å²) in [5.74, 6) is 1.31. The van der Waals surface area contributed by atoms with Crippen LogP contribution in [0.5, 0.6) is 0 Å². The highest BCUT2D eigenvalue weighted by Gasteiger charge is 2.38. The molecule has 0 saturated carbocycles. The molecule has 294 valence electrons. The van der Waals surface area contributed by atoms with E-state index in [1.54, 1.807) is 0 Å². The Morgan fingerprint density at radius 3 is 2.24 bits per heavy atom. The molecule has 14 heteroatoms. The maximum Gasteiger partial charge on any atom is 0.407 e. The fourth-order valence-electron chi connectivity index (χ4n) is 7.72. The van der Waals surface area contributed by atoms with E-state index in [9.17, 15) is 14.4 Å². The van der Waals surface area contributed by atoms with Gasteiger partial charge in [0.1, 0.15) is 23.7 Å². The SMILES string of the molecule is COOC=N[C@H](C(=O)N1CCCC1c1ncc(-c2ccc(CCCc3ccc4nc([C@@H]5CCCN5C(=O)C(NC(=O)OC)C(C)C)[nH]c4c3)cc2)[nH]1)C(C)C. The van der Waals surface area contributed by atoms with Crippen molar-refractivity contribution in [2.45, 2.75) is 96.8 Å². The van der Waals surface area contributed by atoms with E-state index >= 15 is 0 Å². The van der Waals surface area contributed by atoms with Crippen LogP contribution in [0, 0.1) is 11.8 Å². The summed E-state index contributed by atoms with van der Waals surface area (Å²) in [6, 6.07) is 13.4. The molecule has 55 heavy (non-hydrogen) atoms. The molecule has 4 atom stereocenters. The lowest BCUT2D eigenvalue weighted by molar-refractivity contribution is -0.188. The Kier molecular flexibility index (Phi) is 12.9. The third-order valence-corrected chi connectivity index (χ3v) is 10.7. The van der Waals surface area contributed by atoms with Crippen molar-refractivity contribution in [2.75, 3.05) is 27.3 Å². The molecule has 14 nitrogen and oxygen atoms in total. The van der Waals surface area contributed by atoms with E-state index in [0.717, 1.165) is 78.9 Å². The van der Waals surface area contributed by atoms with Gasteiger partial charge in [0.2, 0.25) is 18.2 Å². The Hall–Kier alpha value is -5.24. The number of ether oxygens (including phenoxy) is 1. The number of alkyl carbamates (subject to hydrolysis) is 1. The summed E-state index contributed by atoms with van der Waals surface area (Å²) >= 11 is 0. The van der Waals surface area contributed by atoms with E-state index < -0.39 is 18.2 Å². The number of carbonyl (C=O) groups excluding carboxylic acids is 3. The molecule has 4 heterocycles. The van der Waals surface area contributed by atoms with Crippen molar-refractivity contribution >= 4 is 35.3 Å². The van der Waals surface area contributed by atoms with Crippen molar-refractivity contribution in [3.63, 3.8) is 0 Å².